The van der Waals surface area contributed by atoms with Gasteiger partial charge in [0.2, 0.25) is 0 Å². The Kier molecular flexibility index (Phi) is 5.53. The van der Waals surface area contributed by atoms with Crippen LogP contribution in [0.4, 0.5) is 0 Å². The average Bonchev–Trinajstić information content (AvgIpc) is 3.22. The van der Waals surface area contributed by atoms with Gasteiger partial charge in [-0.3, -0.25) is 9.59 Å². The molecule has 1 atom stereocenters. The van der Waals surface area contributed by atoms with E-state index in [1.54, 1.807) is 31.3 Å². The van der Waals surface area contributed by atoms with Crippen LogP contribution in [0.3, 0.4) is 0 Å². The lowest BCUT2D eigenvalue weighted by Gasteiger charge is -2.36. The molecule has 2 N–H and O–H groups in total. The maximum absolute atomic E-state index is 13.6. The van der Waals surface area contributed by atoms with Crippen LogP contribution in [-0.2, 0) is 17.7 Å². The number of carbonyl (C=O) groups excluding carboxylic acids is 1. The molecule has 9 heteroatoms. The van der Waals surface area contributed by atoms with Crippen molar-refractivity contribution in [3.63, 3.8) is 0 Å². The smallest absolute Gasteiger partial charge is 0.256 e. The number of carbonyl (C=O) groups is 1. The third-order valence-electron chi connectivity index (χ3n) is 6.53. The van der Waals surface area contributed by atoms with Gasteiger partial charge in [0.25, 0.3) is 11.5 Å². The molecule has 7 nitrogen and oxygen atoms in total. The number of aryl methyl sites for hydroxylation is 1. The zero-order valence-corrected chi connectivity index (χ0v) is 19.3. The normalized spacial score (nSPS) is 17.5. The molecule has 4 heterocycles. The SMILES string of the molecule is COC(c1cc(Cl)c2c(c1Cl)C(=O)N(Cc1c(=O)[nH]c(C)c3occc13)CC2)C1CNC1. The Labute approximate surface area is 194 Å². The third kappa shape index (κ3) is 3.35. The highest BCUT2D eigenvalue weighted by molar-refractivity contribution is 6.37. The number of pyridine rings is 1. The van der Waals surface area contributed by atoms with Crippen molar-refractivity contribution in [2.45, 2.75) is 26.0 Å². The number of nitrogens with zero attached hydrogens (tertiary/aromatic N) is 1. The van der Waals surface area contributed by atoms with Crippen molar-refractivity contribution in [2.75, 3.05) is 26.7 Å². The largest absolute Gasteiger partial charge is 0.463 e. The van der Waals surface area contributed by atoms with Crippen molar-refractivity contribution in [2.24, 2.45) is 5.92 Å². The van der Waals surface area contributed by atoms with Gasteiger partial charge in [-0.15, -0.1) is 0 Å². The first kappa shape index (κ1) is 21.5. The van der Waals surface area contributed by atoms with Gasteiger partial charge in [-0.05, 0) is 31.0 Å². The highest BCUT2D eigenvalue weighted by Gasteiger charge is 2.35. The topological polar surface area (TPSA) is 87.6 Å². The molecule has 1 unspecified atom stereocenters. The number of furan rings is 1. The number of methoxy groups -OCH3 is 1. The molecule has 3 aromatic rings. The molecule has 1 saturated heterocycles. The zero-order valence-electron chi connectivity index (χ0n) is 17.8. The van der Waals surface area contributed by atoms with E-state index in [9.17, 15) is 9.59 Å². The molecular formula is C23H23Cl2N3O4. The van der Waals surface area contributed by atoms with Crippen LogP contribution in [-0.4, -0.2) is 42.5 Å². The van der Waals surface area contributed by atoms with Gasteiger partial charge in [0.05, 0.1) is 35.2 Å². The lowest BCUT2D eigenvalue weighted by atomic mass is 9.87. The summed E-state index contributed by atoms with van der Waals surface area (Å²) in [5, 5.41) is 4.84. The molecule has 5 rings (SSSR count). The van der Waals surface area contributed by atoms with Crippen molar-refractivity contribution < 1.29 is 13.9 Å². The van der Waals surface area contributed by atoms with E-state index in [1.807, 2.05) is 6.07 Å². The van der Waals surface area contributed by atoms with Crippen molar-refractivity contribution in [3.8, 4) is 0 Å². The number of aromatic nitrogens is 1. The summed E-state index contributed by atoms with van der Waals surface area (Å²) in [6.45, 7) is 4.02. The van der Waals surface area contributed by atoms with Crippen LogP contribution in [0.2, 0.25) is 10.0 Å². The first-order valence-corrected chi connectivity index (χ1v) is 11.3. The van der Waals surface area contributed by atoms with Gasteiger partial charge in [0.1, 0.15) is 0 Å². The number of nitrogens with one attached hydrogen (secondary N) is 2. The van der Waals surface area contributed by atoms with Crippen LogP contribution in [0.15, 0.2) is 27.6 Å². The summed E-state index contributed by atoms with van der Waals surface area (Å²) in [5.41, 5.74) is 3.41. The lowest BCUT2D eigenvalue weighted by molar-refractivity contribution is 0.0292. The molecule has 1 aromatic carbocycles. The predicted octanol–water partition coefficient (Wildman–Crippen LogP) is 3.84. The van der Waals surface area contributed by atoms with E-state index in [2.05, 4.69) is 10.3 Å². The minimum atomic E-state index is -0.250. The summed E-state index contributed by atoms with van der Waals surface area (Å²) in [6.07, 6.45) is 1.85. The molecule has 0 radical (unpaired) electrons. The van der Waals surface area contributed by atoms with E-state index in [0.29, 0.717) is 50.8 Å². The second-order valence-electron chi connectivity index (χ2n) is 8.39. The fourth-order valence-electron chi connectivity index (χ4n) is 4.72. The Morgan fingerprint density at radius 2 is 2.09 bits per heavy atom. The quantitative estimate of drug-likeness (QED) is 0.585. The Bertz CT molecular complexity index is 1280. The van der Waals surface area contributed by atoms with E-state index in [1.165, 1.54) is 0 Å². The maximum atomic E-state index is 13.6. The van der Waals surface area contributed by atoms with E-state index in [0.717, 1.165) is 24.2 Å². The van der Waals surface area contributed by atoms with E-state index >= 15 is 0 Å². The Morgan fingerprint density at radius 3 is 2.78 bits per heavy atom. The van der Waals surface area contributed by atoms with Crippen molar-refractivity contribution in [1.29, 1.82) is 0 Å². The second-order valence-corrected chi connectivity index (χ2v) is 9.17. The molecule has 1 amide bonds. The number of H-pyrrole nitrogens is 1. The number of hydrogen-bond acceptors (Lipinski definition) is 5. The van der Waals surface area contributed by atoms with Gasteiger partial charge in [0, 0.05) is 54.2 Å². The molecule has 0 spiro atoms. The zero-order chi connectivity index (χ0) is 22.6. The Morgan fingerprint density at radius 1 is 1.31 bits per heavy atom. The molecule has 2 aliphatic heterocycles. The second kappa shape index (κ2) is 8.23. The summed E-state index contributed by atoms with van der Waals surface area (Å²) in [4.78, 5) is 30.7. The highest BCUT2D eigenvalue weighted by atomic mass is 35.5. The molecule has 0 bridgehead atoms. The standard InChI is InChI=1S/C23H23Cl2N3O4/c1-11-20-13(4-6-32-20)16(22(29)27-11)10-28-5-3-14-17(24)7-15(19(25)18(14)23(28)30)21(31-2)12-8-26-9-12/h4,6-7,12,21,26H,3,5,8-10H2,1-2H3,(H,27,29). The van der Waals surface area contributed by atoms with E-state index in [4.69, 9.17) is 32.4 Å². The van der Waals surface area contributed by atoms with Crippen molar-refractivity contribution >= 4 is 40.1 Å². The molecule has 2 aliphatic rings. The van der Waals surface area contributed by atoms with Crippen LogP contribution in [0.5, 0.6) is 0 Å². The van der Waals surface area contributed by atoms with Gasteiger partial charge < -0.3 is 24.4 Å². The van der Waals surface area contributed by atoms with E-state index < -0.39 is 0 Å². The molecule has 32 heavy (non-hydrogen) atoms. The fourth-order valence-corrected chi connectivity index (χ4v) is 5.39. The number of hydrogen-bond donors (Lipinski definition) is 2. The average molecular weight is 476 g/mol. The summed E-state index contributed by atoms with van der Waals surface area (Å²) in [7, 11) is 1.64. The fraction of sp³-hybridized carbons (Fsp3) is 0.391. The Balaban J connectivity index is 1.54. The highest BCUT2D eigenvalue weighted by Crippen LogP contribution is 2.41. The monoisotopic (exact) mass is 475 g/mol. The molecule has 0 saturated carbocycles. The van der Waals surface area contributed by atoms with Crippen molar-refractivity contribution in [3.05, 3.63) is 66.7 Å². The number of rotatable bonds is 5. The van der Waals surface area contributed by atoms with Gasteiger partial charge in [-0.2, -0.15) is 0 Å². The summed E-state index contributed by atoms with van der Waals surface area (Å²) < 4.78 is 11.2. The van der Waals surface area contributed by atoms with Crippen LogP contribution in [0, 0.1) is 12.8 Å². The predicted molar refractivity (Wildman–Crippen MR) is 123 cm³/mol. The summed E-state index contributed by atoms with van der Waals surface area (Å²) in [6, 6.07) is 3.59. The number of halogens is 2. The molecular weight excluding hydrogens is 453 g/mol. The number of fused-ring (bicyclic) bond motifs is 2. The Hall–Kier alpha value is -2.32. The lowest BCUT2D eigenvalue weighted by Crippen LogP contribution is -2.46. The number of benzene rings is 1. The first-order valence-electron chi connectivity index (χ1n) is 10.5. The molecule has 2 aromatic heterocycles. The molecule has 0 aliphatic carbocycles. The van der Waals surface area contributed by atoms with Gasteiger partial charge in [0.15, 0.2) is 5.58 Å². The molecule has 168 valence electrons. The van der Waals surface area contributed by atoms with Crippen LogP contribution >= 0.6 is 23.2 Å². The van der Waals surface area contributed by atoms with Crippen LogP contribution in [0.25, 0.3) is 11.0 Å². The van der Waals surface area contributed by atoms with Gasteiger partial charge >= 0.3 is 0 Å². The number of ether oxygens (including phenoxy) is 1. The number of amides is 1. The summed E-state index contributed by atoms with van der Waals surface area (Å²) >= 11 is 13.4. The van der Waals surface area contributed by atoms with Crippen LogP contribution < -0.4 is 10.9 Å². The first-order chi connectivity index (χ1) is 15.4. The maximum Gasteiger partial charge on any atom is 0.256 e. The number of aromatic amines is 1. The minimum Gasteiger partial charge on any atom is -0.463 e. The van der Waals surface area contributed by atoms with Crippen molar-refractivity contribution in [1.82, 2.24) is 15.2 Å². The third-order valence-corrected chi connectivity index (χ3v) is 7.28. The van der Waals surface area contributed by atoms with Gasteiger partial charge in [-0.1, -0.05) is 23.2 Å². The summed E-state index contributed by atoms with van der Waals surface area (Å²) in [5.74, 6) is 0.0279. The minimum absolute atomic E-state index is 0.155. The van der Waals surface area contributed by atoms with E-state index in [-0.39, 0.29) is 30.0 Å². The molecule has 1 fully saturated rings. The van der Waals surface area contributed by atoms with Gasteiger partial charge in [-0.25, -0.2) is 0 Å². The van der Waals surface area contributed by atoms with Crippen LogP contribution in [0.1, 0.15) is 38.8 Å².